The zero-order valence-electron chi connectivity index (χ0n) is 6.40. The largest absolute Gasteiger partial charge is 0.295 e. The van der Waals surface area contributed by atoms with Gasteiger partial charge in [-0.25, -0.2) is 8.78 Å². The van der Waals surface area contributed by atoms with Gasteiger partial charge in [-0.05, 0) is 13.8 Å². The Morgan fingerprint density at radius 1 is 1.40 bits per heavy atom. The summed E-state index contributed by atoms with van der Waals surface area (Å²) in [4.78, 5) is 1.81. The number of hydrogen-bond acceptors (Lipinski definition) is 1. The number of nitrogens with zero attached hydrogens (tertiary/aromatic N) is 1. The molecule has 0 aromatic heterocycles. The smallest absolute Gasteiger partial charge is 0.261 e. The van der Waals surface area contributed by atoms with Gasteiger partial charge in [-0.2, -0.15) is 0 Å². The molecule has 0 aromatic carbocycles. The van der Waals surface area contributed by atoms with Crippen LogP contribution in [0.4, 0.5) is 8.78 Å². The standard InChI is InChI=1S/C7H13F2N/c1-6(2)10-4-3-7(8,9)5-10/h6H,3-5H2,1-2H3. The molecule has 1 saturated heterocycles. The summed E-state index contributed by atoms with van der Waals surface area (Å²) < 4.78 is 25.0. The Bertz CT molecular complexity index is 123. The minimum atomic E-state index is -2.43. The maximum atomic E-state index is 12.5. The molecule has 0 amide bonds. The molecule has 0 bridgehead atoms. The van der Waals surface area contributed by atoms with E-state index in [0.29, 0.717) is 6.54 Å². The Morgan fingerprint density at radius 3 is 2.20 bits per heavy atom. The fraction of sp³-hybridized carbons (Fsp3) is 1.00. The van der Waals surface area contributed by atoms with Gasteiger partial charge >= 0.3 is 0 Å². The van der Waals surface area contributed by atoms with Crippen molar-refractivity contribution in [1.29, 1.82) is 0 Å². The summed E-state index contributed by atoms with van der Waals surface area (Å²) in [5, 5.41) is 0. The lowest BCUT2D eigenvalue weighted by molar-refractivity contribution is 0.00921. The first-order chi connectivity index (χ1) is 4.51. The SMILES string of the molecule is CC(C)N1CCC(F)(F)C1. The van der Waals surface area contributed by atoms with Gasteiger partial charge in [-0.1, -0.05) is 0 Å². The molecule has 1 heterocycles. The van der Waals surface area contributed by atoms with Crippen molar-refractivity contribution in [2.75, 3.05) is 13.1 Å². The van der Waals surface area contributed by atoms with Gasteiger partial charge in [0.05, 0.1) is 6.54 Å². The topological polar surface area (TPSA) is 3.24 Å². The summed E-state index contributed by atoms with van der Waals surface area (Å²) in [5.74, 6) is -2.43. The molecule has 0 saturated carbocycles. The van der Waals surface area contributed by atoms with E-state index in [4.69, 9.17) is 0 Å². The van der Waals surface area contributed by atoms with Crippen molar-refractivity contribution in [3.05, 3.63) is 0 Å². The van der Waals surface area contributed by atoms with E-state index >= 15 is 0 Å². The number of hydrogen-bond donors (Lipinski definition) is 0. The van der Waals surface area contributed by atoms with Crippen LogP contribution in [0.15, 0.2) is 0 Å². The van der Waals surface area contributed by atoms with Crippen LogP contribution in [0.3, 0.4) is 0 Å². The highest BCUT2D eigenvalue weighted by Crippen LogP contribution is 2.27. The molecule has 0 atom stereocenters. The lowest BCUT2D eigenvalue weighted by Crippen LogP contribution is -2.30. The quantitative estimate of drug-likeness (QED) is 0.549. The highest BCUT2D eigenvalue weighted by molar-refractivity contribution is 4.83. The van der Waals surface area contributed by atoms with E-state index in [1.807, 2.05) is 13.8 Å². The lowest BCUT2D eigenvalue weighted by atomic mass is 10.3. The second kappa shape index (κ2) is 2.46. The van der Waals surface area contributed by atoms with Crippen molar-refractivity contribution in [3.63, 3.8) is 0 Å². The Labute approximate surface area is 60.0 Å². The average Bonchev–Trinajstić information content (AvgIpc) is 2.10. The van der Waals surface area contributed by atoms with Crippen molar-refractivity contribution in [3.8, 4) is 0 Å². The van der Waals surface area contributed by atoms with Crippen LogP contribution in [0.5, 0.6) is 0 Å². The minimum absolute atomic E-state index is 0.0329. The van der Waals surface area contributed by atoms with Gasteiger partial charge in [0.25, 0.3) is 5.92 Å². The van der Waals surface area contributed by atoms with E-state index < -0.39 is 5.92 Å². The molecule has 1 fully saturated rings. The molecule has 60 valence electrons. The summed E-state index contributed by atoms with van der Waals surface area (Å²) in [5.41, 5.74) is 0. The van der Waals surface area contributed by atoms with E-state index in [-0.39, 0.29) is 19.0 Å². The van der Waals surface area contributed by atoms with Crippen LogP contribution in [0, 0.1) is 0 Å². The third kappa shape index (κ3) is 1.66. The normalized spacial score (nSPS) is 26.1. The van der Waals surface area contributed by atoms with Crippen LogP contribution in [-0.4, -0.2) is 30.0 Å². The maximum Gasteiger partial charge on any atom is 0.261 e. The molecular weight excluding hydrogens is 136 g/mol. The molecule has 0 unspecified atom stereocenters. The molecule has 0 spiro atoms. The van der Waals surface area contributed by atoms with E-state index in [2.05, 4.69) is 0 Å². The van der Waals surface area contributed by atoms with Gasteiger partial charge in [0.1, 0.15) is 0 Å². The molecule has 0 aliphatic carbocycles. The van der Waals surface area contributed by atoms with Gasteiger partial charge in [0.15, 0.2) is 0 Å². The van der Waals surface area contributed by atoms with Crippen molar-refractivity contribution < 1.29 is 8.78 Å². The first-order valence-electron chi connectivity index (χ1n) is 3.63. The number of halogens is 2. The second-order valence-corrected chi connectivity index (χ2v) is 3.17. The molecular formula is C7H13F2N. The summed E-state index contributed by atoms with van der Waals surface area (Å²) in [6.07, 6.45) is 0.0329. The third-order valence-electron chi connectivity index (χ3n) is 1.93. The van der Waals surface area contributed by atoms with Crippen LogP contribution in [0.1, 0.15) is 20.3 Å². The number of alkyl halides is 2. The van der Waals surface area contributed by atoms with Crippen LogP contribution in [0.2, 0.25) is 0 Å². The second-order valence-electron chi connectivity index (χ2n) is 3.17. The molecule has 1 nitrogen and oxygen atoms in total. The zero-order chi connectivity index (χ0) is 7.78. The number of likely N-dealkylation sites (tertiary alicyclic amines) is 1. The maximum absolute atomic E-state index is 12.5. The molecule has 3 heteroatoms. The Hall–Kier alpha value is -0.180. The fourth-order valence-electron chi connectivity index (χ4n) is 1.20. The van der Waals surface area contributed by atoms with Crippen molar-refractivity contribution in [1.82, 2.24) is 4.90 Å². The fourth-order valence-corrected chi connectivity index (χ4v) is 1.20. The first kappa shape index (κ1) is 7.92. The molecule has 1 aliphatic rings. The third-order valence-corrected chi connectivity index (χ3v) is 1.93. The summed E-state index contributed by atoms with van der Waals surface area (Å²) in [6.45, 7) is 4.39. The van der Waals surface area contributed by atoms with Gasteiger partial charge in [0.2, 0.25) is 0 Å². The predicted octanol–water partition coefficient (Wildman–Crippen LogP) is 1.74. The molecule has 10 heavy (non-hydrogen) atoms. The van der Waals surface area contributed by atoms with Gasteiger partial charge < -0.3 is 0 Å². The van der Waals surface area contributed by atoms with E-state index in [1.165, 1.54) is 0 Å². The molecule has 0 N–H and O–H groups in total. The van der Waals surface area contributed by atoms with Gasteiger partial charge in [0, 0.05) is 19.0 Å². The Morgan fingerprint density at radius 2 is 2.00 bits per heavy atom. The van der Waals surface area contributed by atoms with E-state index in [9.17, 15) is 8.78 Å². The van der Waals surface area contributed by atoms with Crippen molar-refractivity contribution >= 4 is 0 Å². The molecule has 0 aromatic rings. The highest BCUT2D eigenvalue weighted by atomic mass is 19.3. The van der Waals surface area contributed by atoms with Gasteiger partial charge in [-0.15, -0.1) is 0 Å². The summed E-state index contributed by atoms with van der Waals surface area (Å²) >= 11 is 0. The van der Waals surface area contributed by atoms with Crippen molar-refractivity contribution in [2.45, 2.75) is 32.2 Å². The first-order valence-corrected chi connectivity index (χ1v) is 3.63. The van der Waals surface area contributed by atoms with Crippen LogP contribution in [-0.2, 0) is 0 Å². The Kier molecular flexibility index (Phi) is 1.95. The number of rotatable bonds is 1. The molecule has 0 radical (unpaired) electrons. The van der Waals surface area contributed by atoms with Crippen LogP contribution in [0.25, 0.3) is 0 Å². The predicted molar refractivity (Wildman–Crippen MR) is 36.3 cm³/mol. The summed E-state index contributed by atoms with van der Waals surface area (Å²) in [6, 6.07) is 0.258. The average molecular weight is 149 g/mol. The minimum Gasteiger partial charge on any atom is -0.295 e. The Balaban J connectivity index is 2.43. The van der Waals surface area contributed by atoms with Crippen molar-refractivity contribution in [2.24, 2.45) is 0 Å². The summed E-state index contributed by atoms with van der Waals surface area (Å²) in [7, 11) is 0. The van der Waals surface area contributed by atoms with E-state index in [1.54, 1.807) is 4.90 Å². The molecule has 1 aliphatic heterocycles. The van der Waals surface area contributed by atoms with Gasteiger partial charge in [-0.3, -0.25) is 4.90 Å². The molecule has 1 rings (SSSR count). The monoisotopic (exact) mass is 149 g/mol. The lowest BCUT2D eigenvalue weighted by Gasteiger charge is -2.19. The van der Waals surface area contributed by atoms with Crippen LogP contribution < -0.4 is 0 Å². The van der Waals surface area contributed by atoms with E-state index in [0.717, 1.165) is 0 Å². The highest BCUT2D eigenvalue weighted by Gasteiger charge is 2.38. The zero-order valence-corrected chi connectivity index (χ0v) is 6.40. The van der Waals surface area contributed by atoms with Crippen LogP contribution >= 0.6 is 0 Å².